The van der Waals surface area contributed by atoms with Gasteiger partial charge in [0.05, 0.1) is 18.5 Å². The zero-order valence-electron chi connectivity index (χ0n) is 8.53. The summed E-state index contributed by atoms with van der Waals surface area (Å²) < 4.78 is 0. The van der Waals surface area contributed by atoms with Crippen LogP contribution in [0.3, 0.4) is 0 Å². The highest BCUT2D eigenvalue weighted by Crippen LogP contribution is 2.03. The lowest BCUT2D eigenvalue weighted by Gasteiger charge is -2.08. The molecule has 0 aromatic rings. The van der Waals surface area contributed by atoms with Gasteiger partial charge >= 0.3 is 0 Å². The van der Waals surface area contributed by atoms with E-state index < -0.39 is 6.10 Å². The van der Waals surface area contributed by atoms with Gasteiger partial charge in [0.15, 0.2) is 0 Å². The lowest BCUT2D eigenvalue weighted by Crippen LogP contribution is -2.34. The van der Waals surface area contributed by atoms with E-state index in [1.807, 2.05) is 0 Å². The van der Waals surface area contributed by atoms with E-state index in [4.69, 9.17) is 10.2 Å². The predicted molar refractivity (Wildman–Crippen MR) is 58.3 cm³/mol. The molecule has 0 aromatic carbocycles. The number of hydrogen-bond donors (Lipinski definition) is 3. The molecule has 0 aliphatic heterocycles. The van der Waals surface area contributed by atoms with Gasteiger partial charge in [-0.25, -0.2) is 0 Å². The van der Waals surface area contributed by atoms with Crippen LogP contribution in [0.1, 0.15) is 19.8 Å². The number of aliphatic hydroxyl groups excluding tert-OH is 2. The summed E-state index contributed by atoms with van der Waals surface area (Å²) in [6, 6.07) is 0. The largest absolute Gasteiger partial charge is 0.394 e. The Bertz CT molecular complexity index is 155. The van der Waals surface area contributed by atoms with Crippen molar-refractivity contribution in [2.75, 3.05) is 24.7 Å². The number of amides is 1. The quantitative estimate of drug-likeness (QED) is 0.504. The van der Waals surface area contributed by atoms with Crippen LogP contribution < -0.4 is 5.32 Å². The average molecular weight is 221 g/mol. The minimum absolute atomic E-state index is 0.0846. The van der Waals surface area contributed by atoms with E-state index in [9.17, 15) is 4.79 Å². The Hall–Kier alpha value is -0.260. The van der Waals surface area contributed by atoms with Crippen LogP contribution in [0.25, 0.3) is 0 Å². The standard InChI is InChI=1S/C9H19NO3S/c1-2-3-4-14-7-9(13)10-5-8(12)6-11/h8,11-12H,2-7H2,1H3,(H,10,13). The molecule has 0 aromatic heterocycles. The summed E-state index contributed by atoms with van der Waals surface area (Å²) >= 11 is 1.59. The van der Waals surface area contributed by atoms with Crippen LogP contribution >= 0.6 is 11.8 Å². The minimum atomic E-state index is -0.848. The number of hydrogen-bond acceptors (Lipinski definition) is 4. The fourth-order valence-electron chi connectivity index (χ4n) is 0.758. The second-order valence-electron chi connectivity index (χ2n) is 3.05. The molecular weight excluding hydrogens is 202 g/mol. The van der Waals surface area contributed by atoms with Gasteiger partial charge in [0.25, 0.3) is 0 Å². The van der Waals surface area contributed by atoms with E-state index in [-0.39, 0.29) is 19.1 Å². The third kappa shape index (κ3) is 8.34. The zero-order chi connectivity index (χ0) is 10.8. The van der Waals surface area contributed by atoms with Gasteiger partial charge in [-0.05, 0) is 12.2 Å². The van der Waals surface area contributed by atoms with Crippen molar-refractivity contribution in [3.8, 4) is 0 Å². The van der Waals surface area contributed by atoms with E-state index >= 15 is 0 Å². The maximum absolute atomic E-state index is 11.1. The van der Waals surface area contributed by atoms with Crippen LogP contribution in [-0.2, 0) is 4.79 Å². The minimum Gasteiger partial charge on any atom is -0.394 e. The molecular formula is C9H19NO3S. The smallest absolute Gasteiger partial charge is 0.230 e. The molecule has 0 aliphatic carbocycles. The molecule has 0 radical (unpaired) electrons. The molecule has 0 heterocycles. The first-order valence-electron chi connectivity index (χ1n) is 4.84. The number of unbranched alkanes of at least 4 members (excludes halogenated alkanes) is 1. The normalized spacial score (nSPS) is 12.5. The van der Waals surface area contributed by atoms with E-state index in [0.29, 0.717) is 5.75 Å². The van der Waals surface area contributed by atoms with Gasteiger partial charge in [0, 0.05) is 6.54 Å². The summed E-state index contributed by atoms with van der Waals surface area (Å²) in [4.78, 5) is 11.1. The molecule has 84 valence electrons. The first kappa shape index (κ1) is 13.7. The fraction of sp³-hybridized carbons (Fsp3) is 0.889. The number of nitrogens with one attached hydrogen (secondary N) is 1. The highest BCUT2D eigenvalue weighted by atomic mass is 32.2. The second kappa shape index (κ2) is 9.30. The van der Waals surface area contributed by atoms with Gasteiger partial charge in [0.1, 0.15) is 0 Å². The van der Waals surface area contributed by atoms with Crippen LogP contribution in [0.2, 0.25) is 0 Å². The Morgan fingerprint density at radius 1 is 1.57 bits per heavy atom. The highest BCUT2D eigenvalue weighted by Gasteiger charge is 2.05. The average Bonchev–Trinajstić information content (AvgIpc) is 2.21. The Morgan fingerprint density at radius 2 is 2.29 bits per heavy atom. The first-order chi connectivity index (χ1) is 6.70. The summed E-state index contributed by atoms with van der Waals surface area (Å²) in [6.07, 6.45) is 1.41. The van der Waals surface area contributed by atoms with E-state index in [0.717, 1.165) is 18.6 Å². The molecule has 1 unspecified atom stereocenters. The Kier molecular flexibility index (Phi) is 9.13. The molecule has 3 N–H and O–H groups in total. The SMILES string of the molecule is CCCCSCC(=O)NCC(O)CO. The van der Waals surface area contributed by atoms with Gasteiger partial charge in [-0.2, -0.15) is 11.8 Å². The molecule has 0 fully saturated rings. The third-order valence-corrected chi connectivity index (χ3v) is 2.66. The number of carbonyl (C=O) groups excluding carboxylic acids is 1. The van der Waals surface area contributed by atoms with Crippen molar-refractivity contribution in [3.63, 3.8) is 0 Å². The molecule has 0 bridgehead atoms. The van der Waals surface area contributed by atoms with Crippen molar-refractivity contribution in [1.29, 1.82) is 0 Å². The fourth-order valence-corrected chi connectivity index (χ4v) is 1.68. The number of aliphatic hydroxyl groups is 2. The van der Waals surface area contributed by atoms with Crippen molar-refractivity contribution in [2.45, 2.75) is 25.9 Å². The van der Waals surface area contributed by atoms with Crippen LogP contribution in [-0.4, -0.2) is 46.9 Å². The van der Waals surface area contributed by atoms with Gasteiger partial charge in [-0.3, -0.25) is 4.79 Å². The van der Waals surface area contributed by atoms with Gasteiger partial charge in [-0.15, -0.1) is 0 Å². The Labute approximate surface area is 89.1 Å². The maximum atomic E-state index is 11.1. The molecule has 5 heteroatoms. The van der Waals surface area contributed by atoms with Gasteiger partial charge in [0.2, 0.25) is 5.91 Å². The molecule has 1 amide bonds. The Morgan fingerprint density at radius 3 is 2.86 bits per heavy atom. The summed E-state index contributed by atoms with van der Waals surface area (Å²) in [5.41, 5.74) is 0. The second-order valence-corrected chi connectivity index (χ2v) is 4.15. The predicted octanol–water partition coefficient (Wildman–Crippen LogP) is -0.0109. The molecule has 14 heavy (non-hydrogen) atoms. The molecule has 4 nitrogen and oxygen atoms in total. The lowest BCUT2D eigenvalue weighted by molar-refractivity contribution is -0.119. The molecule has 1 atom stereocenters. The van der Waals surface area contributed by atoms with Crippen LogP contribution in [0, 0.1) is 0 Å². The number of carbonyl (C=O) groups is 1. The maximum Gasteiger partial charge on any atom is 0.230 e. The summed E-state index contributed by atoms with van der Waals surface area (Å²) in [5.74, 6) is 1.34. The van der Waals surface area contributed by atoms with Crippen molar-refractivity contribution >= 4 is 17.7 Å². The Balaban J connectivity index is 3.28. The molecule has 0 aliphatic rings. The highest BCUT2D eigenvalue weighted by molar-refractivity contribution is 7.99. The van der Waals surface area contributed by atoms with E-state index in [1.165, 1.54) is 0 Å². The van der Waals surface area contributed by atoms with Gasteiger partial charge < -0.3 is 15.5 Å². The van der Waals surface area contributed by atoms with Crippen LogP contribution in [0.4, 0.5) is 0 Å². The molecule has 0 saturated carbocycles. The van der Waals surface area contributed by atoms with Crippen LogP contribution in [0.5, 0.6) is 0 Å². The molecule has 0 spiro atoms. The molecule has 0 rings (SSSR count). The van der Waals surface area contributed by atoms with E-state index in [2.05, 4.69) is 12.2 Å². The topological polar surface area (TPSA) is 69.6 Å². The van der Waals surface area contributed by atoms with Crippen LogP contribution in [0.15, 0.2) is 0 Å². The summed E-state index contributed by atoms with van der Waals surface area (Å²) in [6.45, 7) is 1.92. The van der Waals surface area contributed by atoms with Gasteiger partial charge in [-0.1, -0.05) is 13.3 Å². The van der Waals surface area contributed by atoms with E-state index in [1.54, 1.807) is 11.8 Å². The van der Waals surface area contributed by atoms with Crippen molar-refractivity contribution in [3.05, 3.63) is 0 Å². The summed E-state index contributed by atoms with van der Waals surface area (Å²) in [5, 5.41) is 20.0. The summed E-state index contributed by atoms with van der Waals surface area (Å²) in [7, 11) is 0. The first-order valence-corrected chi connectivity index (χ1v) is 5.99. The zero-order valence-corrected chi connectivity index (χ0v) is 9.35. The van der Waals surface area contributed by atoms with Crippen molar-refractivity contribution < 1.29 is 15.0 Å². The van der Waals surface area contributed by atoms with Crippen molar-refractivity contribution in [1.82, 2.24) is 5.32 Å². The third-order valence-electron chi connectivity index (χ3n) is 1.62. The molecule has 0 saturated heterocycles. The lowest BCUT2D eigenvalue weighted by atomic mass is 10.4. The van der Waals surface area contributed by atoms with Crippen molar-refractivity contribution in [2.24, 2.45) is 0 Å². The monoisotopic (exact) mass is 221 g/mol. The number of thioether (sulfide) groups is 1. The number of rotatable bonds is 8.